The minimum absolute atomic E-state index is 0.726. The molecule has 0 amide bonds. The summed E-state index contributed by atoms with van der Waals surface area (Å²) < 4.78 is 4.21. The van der Waals surface area contributed by atoms with Crippen molar-refractivity contribution in [2.24, 2.45) is 0 Å². The standard InChI is InChI=1S/C57H39N5/c1-3-52-59-54(56(61(52)4-2)47-29-27-39-18-8-10-20-41(39)32-47)45-24-14-22-43(34-45)50-36-49(38-16-6-5-7-17-38)37-51(58-50)44-23-15-25-46(35-44)55-57(62-31-13-12-26-53(62)60-55)48-30-28-40-19-9-11-21-42(40)33-48/h3-37H,1-2H2. The fourth-order valence-corrected chi connectivity index (χ4v) is 8.68. The normalized spacial score (nSPS) is 11.4. The second-order valence-corrected chi connectivity index (χ2v) is 15.4. The van der Waals surface area contributed by atoms with Gasteiger partial charge in [-0.1, -0.05) is 159 Å². The molecule has 62 heavy (non-hydrogen) atoms. The average molecular weight is 794 g/mol. The van der Waals surface area contributed by atoms with E-state index in [4.69, 9.17) is 15.0 Å². The predicted octanol–water partition coefficient (Wildman–Crippen LogP) is 14.6. The minimum atomic E-state index is 0.726. The molecule has 4 heterocycles. The van der Waals surface area contributed by atoms with Crippen LogP contribution in [-0.2, 0) is 0 Å². The Morgan fingerprint density at radius 3 is 1.52 bits per heavy atom. The SMILES string of the molecule is C=Cc1nc(-c2cccc(-c3cc(-c4ccccc4)cc(-c4cccc(-c5nc6ccccn6c5-c5ccc6ccccc6c5)c4)n3)c2)c(-c2ccc3ccccc3c2)n1C=C. The highest BCUT2D eigenvalue weighted by Gasteiger charge is 2.21. The van der Waals surface area contributed by atoms with Crippen LogP contribution in [0.25, 0.3) is 118 Å². The number of imidazole rings is 2. The van der Waals surface area contributed by atoms with E-state index in [1.165, 1.54) is 16.2 Å². The van der Waals surface area contributed by atoms with E-state index >= 15 is 0 Å². The van der Waals surface area contributed by atoms with Crippen molar-refractivity contribution >= 4 is 39.5 Å². The molecular formula is C57H39N5. The second kappa shape index (κ2) is 15.3. The number of hydrogen-bond donors (Lipinski definition) is 0. The van der Waals surface area contributed by atoms with Gasteiger partial charge in [0.15, 0.2) is 0 Å². The van der Waals surface area contributed by atoms with Crippen LogP contribution < -0.4 is 0 Å². The Balaban J connectivity index is 1.05. The molecule has 5 nitrogen and oxygen atoms in total. The molecule has 0 bridgehead atoms. The van der Waals surface area contributed by atoms with Gasteiger partial charge in [0.25, 0.3) is 0 Å². The van der Waals surface area contributed by atoms with Crippen molar-refractivity contribution in [2.75, 3.05) is 0 Å². The van der Waals surface area contributed by atoms with Crippen LogP contribution in [0.1, 0.15) is 5.82 Å². The smallest absolute Gasteiger partial charge is 0.137 e. The summed E-state index contributed by atoms with van der Waals surface area (Å²) in [7, 11) is 0. The Bertz CT molecular complexity index is 3520. The maximum Gasteiger partial charge on any atom is 0.137 e. The predicted molar refractivity (Wildman–Crippen MR) is 258 cm³/mol. The van der Waals surface area contributed by atoms with E-state index in [1.54, 1.807) is 6.08 Å². The summed E-state index contributed by atoms with van der Waals surface area (Å²) in [6.07, 6.45) is 5.68. The number of benzene rings is 7. The van der Waals surface area contributed by atoms with Crippen LogP contribution in [0.15, 0.2) is 213 Å². The summed E-state index contributed by atoms with van der Waals surface area (Å²) in [5.74, 6) is 0.726. The summed E-state index contributed by atoms with van der Waals surface area (Å²) in [5.41, 5.74) is 14.7. The van der Waals surface area contributed by atoms with E-state index < -0.39 is 0 Å². The average Bonchev–Trinajstić information content (AvgIpc) is 3.93. The molecule has 0 aliphatic rings. The Kier molecular flexibility index (Phi) is 9.06. The fraction of sp³-hybridized carbons (Fsp3) is 0. The second-order valence-electron chi connectivity index (χ2n) is 15.4. The van der Waals surface area contributed by atoms with Crippen molar-refractivity contribution in [3.05, 3.63) is 219 Å². The maximum absolute atomic E-state index is 5.41. The molecule has 292 valence electrons. The Morgan fingerprint density at radius 1 is 0.371 bits per heavy atom. The van der Waals surface area contributed by atoms with E-state index in [2.05, 4.69) is 212 Å². The summed E-state index contributed by atoms with van der Waals surface area (Å²) >= 11 is 0. The molecule has 0 atom stereocenters. The molecule has 0 fully saturated rings. The lowest BCUT2D eigenvalue weighted by Gasteiger charge is -2.13. The molecule has 0 saturated heterocycles. The molecule has 0 N–H and O–H groups in total. The lowest BCUT2D eigenvalue weighted by atomic mass is 9.96. The van der Waals surface area contributed by atoms with Gasteiger partial charge in [0.1, 0.15) is 11.5 Å². The van der Waals surface area contributed by atoms with Crippen molar-refractivity contribution in [1.82, 2.24) is 23.9 Å². The third-order valence-electron chi connectivity index (χ3n) is 11.7. The van der Waals surface area contributed by atoms with Gasteiger partial charge < -0.3 is 0 Å². The van der Waals surface area contributed by atoms with Crippen LogP contribution in [0, 0.1) is 0 Å². The lowest BCUT2D eigenvalue weighted by molar-refractivity contribution is 1.12. The number of aromatic nitrogens is 5. The van der Waals surface area contributed by atoms with Crippen LogP contribution in [0.2, 0.25) is 0 Å². The minimum Gasteiger partial charge on any atom is -0.300 e. The van der Waals surface area contributed by atoms with Gasteiger partial charge in [-0.2, -0.15) is 0 Å². The van der Waals surface area contributed by atoms with E-state index in [0.29, 0.717) is 0 Å². The van der Waals surface area contributed by atoms with E-state index in [0.717, 1.165) is 95.5 Å². The molecule has 0 aliphatic heterocycles. The van der Waals surface area contributed by atoms with Crippen molar-refractivity contribution < 1.29 is 0 Å². The van der Waals surface area contributed by atoms with Gasteiger partial charge in [-0.05, 0) is 87.3 Å². The Labute approximate surface area is 359 Å². The van der Waals surface area contributed by atoms with Gasteiger partial charge in [0, 0.05) is 45.8 Å². The first-order valence-corrected chi connectivity index (χ1v) is 20.7. The number of pyridine rings is 2. The third-order valence-corrected chi connectivity index (χ3v) is 11.7. The van der Waals surface area contributed by atoms with Crippen LogP contribution in [0.3, 0.4) is 0 Å². The largest absolute Gasteiger partial charge is 0.300 e. The Morgan fingerprint density at radius 2 is 0.903 bits per heavy atom. The van der Waals surface area contributed by atoms with Crippen molar-refractivity contribution in [3.8, 4) is 78.7 Å². The first kappa shape index (κ1) is 36.7. The molecule has 11 rings (SSSR count). The monoisotopic (exact) mass is 793 g/mol. The first-order valence-electron chi connectivity index (χ1n) is 20.7. The number of fused-ring (bicyclic) bond motifs is 3. The zero-order valence-electron chi connectivity index (χ0n) is 33.9. The zero-order valence-corrected chi connectivity index (χ0v) is 33.9. The van der Waals surface area contributed by atoms with Crippen LogP contribution in [-0.4, -0.2) is 23.9 Å². The van der Waals surface area contributed by atoms with E-state index in [9.17, 15) is 0 Å². The number of rotatable bonds is 9. The molecule has 0 spiro atoms. The van der Waals surface area contributed by atoms with Crippen molar-refractivity contribution in [1.29, 1.82) is 0 Å². The molecule has 0 aliphatic carbocycles. The molecule has 0 saturated carbocycles. The van der Waals surface area contributed by atoms with Crippen LogP contribution in [0.5, 0.6) is 0 Å². The highest BCUT2D eigenvalue weighted by Crippen LogP contribution is 2.39. The quantitative estimate of drug-likeness (QED) is 0.146. The molecule has 5 heteroatoms. The van der Waals surface area contributed by atoms with Gasteiger partial charge in [-0.3, -0.25) is 8.97 Å². The highest BCUT2D eigenvalue weighted by atomic mass is 15.1. The van der Waals surface area contributed by atoms with E-state index in [-0.39, 0.29) is 0 Å². The molecule has 0 unspecified atom stereocenters. The molecule has 4 aromatic heterocycles. The zero-order chi connectivity index (χ0) is 41.6. The highest BCUT2D eigenvalue weighted by molar-refractivity contribution is 5.93. The molecule has 7 aromatic carbocycles. The van der Waals surface area contributed by atoms with Crippen LogP contribution in [0.4, 0.5) is 0 Å². The molecule has 0 radical (unpaired) electrons. The van der Waals surface area contributed by atoms with Crippen molar-refractivity contribution in [3.63, 3.8) is 0 Å². The van der Waals surface area contributed by atoms with E-state index in [1.807, 2.05) is 16.8 Å². The molecule has 11 aromatic rings. The summed E-state index contributed by atoms with van der Waals surface area (Å²) in [6, 6.07) is 68.2. The number of hydrogen-bond acceptors (Lipinski definition) is 3. The first-order chi connectivity index (χ1) is 30.6. The van der Waals surface area contributed by atoms with Crippen LogP contribution >= 0.6 is 0 Å². The van der Waals surface area contributed by atoms with Gasteiger partial charge in [0.2, 0.25) is 0 Å². The van der Waals surface area contributed by atoms with Gasteiger partial charge in [0.05, 0.1) is 34.2 Å². The maximum atomic E-state index is 5.41. The van der Waals surface area contributed by atoms with Crippen molar-refractivity contribution in [2.45, 2.75) is 0 Å². The topological polar surface area (TPSA) is 48.0 Å². The van der Waals surface area contributed by atoms with Gasteiger partial charge >= 0.3 is 0 Å². The summed E-state index contributed by atoms with van der Waals surface area (Å²) in [6.45, 7) is 8.26. The fourth-order valence-electron chi connectivity index (χ4n) is 8.68. The van der Waals surface area contributed by atoms with Gasteiger partial charge in [-0.15, -0.1) is 0 Å². The summed E-state index contributed by atoms with van der Waals surface area (Å²) in [4.78, 5) is 15.8. The lowest BCUT2D eigenvalue weighted by Crippen LogP contribution is -1.94. The summed E-state index contributed by atoms with van der Waals surface area (Å²) in [5, 5.41) is 4.74. The Hall–Kier alpha value is -8.41. The van der Waals surface area contributed by atoms with Gasteiger partial charge in [-0.25, -0.2) is 15.0 Å². The number of nitrogens with zero attached hydrogens (tertiary/aromatic N) is 5. The third kappa shape index (κ3) is 6.49. The molecular weight excluding hydrogens is 755 g/mol.